The Bertz CT molecular complexity index is 1340. The van der Waals surface area contributed by atoms with E-state index >= 15 is 0 Å². The first kappa shape index (κ1) is 24.4. The van der Waals surface area contributed by atoms with Crippen molar-refractivity contribution in [3.63, 3.8) is 0 Å². The number of halogens is 1. The number of benzene rings is 3. The molecule has 3 aliphatic rings. The molecule has 3 aromatic rings. The Kier molecular flexibility index (Phi) is 6.42. The molecule has 37 heavy (non-hydrogen) atoms. The van der Waals surface area contributed by atoms with Gasteiger partial charge in [0.25, 0.3) is 0 Å². The molecule has 6 rings (SSSR count). The van der Waals surface area contributed by atoms with Gasteiger partial charge >= 0.3 is 0 Å². The molecule has 2 fully saturated rings. The summed E-state index contributed by atoms with van der Waals surface area (Å²) in [6, 6.07) is 24.5. The van der Waals surface area contributed by atoms with Crippen LogP contribution >= 0.6 is 11.6 Å². The lowest BCUT2D eigenvalue weighted by Crippen LogP contribution is -2.32. The summed E-state index contributed by atoms with van der Waals surface area (Å²) in [5.41, 5.74) is 4.50. The minimum atomic E-state index is -0.495. The van der Waals surface area contributed by atoms with Gasteiger partial charge in [-0.3, -0.25) is 9.59 Å². The number of hydrogen-bond donors (Lipinski definition) is 0. The van der Waals surface area contributed by atoms with Gasteiger partial charge in [-0.25, -0.2) is 0 Å². The molecule has 190 valence electrons. The Hall–Kier alpha value is -2.95. The van der Waals surface area contributed by atoms with Gasteiger partial charge in [-0.15, -0.1) is 0 Å². The van der Waals surface area contributed by atoms with E-state index in [1.165, 1.54) is 19.4 Å². The highest BCUT2D eigenvalue weighted by Crippen LogP contribution is 2.66. The van der Waals surface area contributed by atoms with Crippen molar-refractivity contribution in [1.82, 2.24) is 4.90 Å². The predicted molar refractivity (Wildman–Crippen MR) is 148 cm³/mol. The largest absolute Gasteiger partial charge is 0.307 e. The van der Waals surface area contributed by atoms with Crippen molar-refractivity contribution < 1.29 is 9.59 Å². The quantitative estimate of drug-likeness (QED) is 0.313. The van der Waals surface area contributed by atoms with E-state index in [1.54, 1.807) is 0 Å². The van der Waals surface area contributed by atoms with Crippen LogP contribution in [0, 0.1) is 0 Å². The van der Waals surface area contributed by atoms with Gasteiger partial charge < -0.3 is 9.80 Å². The molecule has 2 heterocycles. The van der Waals surface area contributed by atoms with Gasteiger partial charge in [0.1, 0.15) is 0 Å². The van der Waals surface area contributed by atoms with E-state index in [2.05, 4.69) is 18.0 Å². The molecular formula is C32H33ClN2O2. The number of likely N-dealkylation sites (tertiary alicyclic amines) is 1. The van der Waals surface area contributed by atoms with Crippen molar-refractivity contribution in [2.24, 2.45) is 0 Å². The van der Waals surface area contributed by atoms with Gasteiger partial charge in [0, 0.05) is 34.7 Å². The highest BCUT2D eigenvalue weighted by Gasteiger charge is 2.67. The average Bonchev–Trinajstić information content (AvgIpc) is 3.47. The maximum atomic E-state index is 13.9. The first-order chi connectivity index (χ1) is 18.0. The van der Waals surface area contributed by atoms with Gasteiger partial charge in [0.2, 0.25) is 5.91 Å². The van der Waals surface area contributed by atoms with Gasteiger partial charge in [-0.1, -0.05) is 60.1 Å². The first-order valence-electron chi connectivity index (χ1n) is 13.5. The molecule has 4 nitrogen and oxygen atoms in total. The van der Waals surface area contributed by atoms with Crippen LogP contribution < -0.4 is 4.90 Å². The molecule has 1 saturated heterocycles. The van der Waals surface area contributed by atoms with Crippen LogP contribution in [0.2, 0.25) is 5.02 Å². The first-order valence-corrected chi connectivity index (χ1v) is 13.8. The molecule has 0 N–H and O–H groups in total. The van der Waals surface area contributed by atoms with Crippen molar-refractivity contribution in [2.75, 3.05) is 18.5 Å². The number of para-hydroxylation sites is 1. The lowest BCUT2D eigenvalue weighted by Gasteiger charge is -2.19. The Morgan fingerprint density at radius 1 is 1.05 bits per heavy atom. The fourth-order valence-electron chi connectivity index (χ4n) is 6.62. The minimum absolute atomic E-state index is 0.158. The highest BCUT2D eigenvalue weighted by atomic mass is 35.5. The SMILES string of the molecule is CN1CCCC1CCCC(=O)c1cccc(CN2C(=O)[C@@]3(C[C@H]3c3ccc(Cl)cc3)c3ccccc32)c1. The molecule has 1 amide bonds. The van der Waals surface area contributed by atoms with Crippen LogP contribution in [0.5, 0.6) is 0 Å². The number of amides is 1. The normalized spacial score (nSPS) is 24.6. The zero-order valence-corrected chi connectivity index (χ0v) is 22.1. The van der Waals surface area contributed by atoms with Crippen LogP contribution in [0.1, 0.15) is 71.5 Å². The number of Topliss-reactive ketones (excluding diaryl/α,β-unsaturated/α-hetero) is 1. The van der Waals surface area contributed by atoms with Gasteiger partial charge in [0.15, 0.2) is 5.78 Å². The Morgan fingerprint density at radius 3 is 2.65 bits per heavy atom. The van der Waals surface area contributed by atoms with E-state index in [0.717, 1.165) is 47.2 Å². The van der Waals surface area contributed by atoms with E-state index in [1.807, 2.05) is 71.6 Å². The Balaban J connectivity index is 1.17. The van der Waals surface area contributed by atoms with Crippen molar-refractivity contribution in [3.05, 3.63) is 100 Å². The van der Waals surface area contributed by atoms with Gasteiger partial charge in [-0.05, 0) is 86.7 Å². The van der Waals surface area contributed by atoms with E-state index in [9.17, 15) is 9.59 Å². The van der Waals surface area contributed by atoms with Gasteiger partial charge in [0.05, 0.1) is 12.0 Å². The standard InChI is InChI=1S/C32H33ClN2O2/c1-34-18-6-10-26(34)9-5-13-30(36)24-8-4-7-22(19-24)21-35-29-12-3-2-11-27(29)32(31(35)37)20-28(32)23-14-16-25(33)17-15-23/h2-4,7-8,11-12,14-17,19,26,28H,5-6,9-10,13,18,20-21H2,1H3/t26?,28-,32-/m0/s1. The monoisotopic (exact) mass is 512 g/mol. The predicted octanol–water partition coefficient (Wildman–Crippen LogP) is 6.76. The maximum absolute atomic E-state index is 13.9. The molecule has 3 atom stereocenters. The van der Waals surface area contributed by atoms with Crippen LogP contribution in [0.4, 0.5) is 5.69 Å². The number of ketones is 1. The third-order valence-electron chi connectivity index (χ3n) is 8.74. The Morgan fingerprint density at radius 2 is 1.86 bits per heavy atom. The number of carbonyl (C=O) groups excluding carboxylic acids is 2. The summed E-state index contributed by atoms with van der Waals surface area (Å²) >= 11 is 6.11. The molecule has 1 unspecified atom stereocenters. The van der Waals surface area contributed by atoms with Crippen LogP contribution in [-0.4, -0.2) is 36.2 Å². The zero-order chi connectivity index (χ0) is 25.6. The lowest BCUT2D eigenvalue weighted by atomic mass is 9.92. The summed E-state index contributed by atoms with van der Waals surface area (Å²) in [6.45, 7) is 1.64. The molecular weight excluding hydrogens is 480 g/mol. The highest BCUT2D eigenvalue weighted by molar-refractivity contribution is 6.30. The number of nitrogens with zero attached hydrogens (tertiary/aromatic N) is 2. The number of carbonyl (C=O) groups is 2. The molecule has 5 heteroatoms. The smallest absolute Gasteiger partial charge is 0.238 e. The minimum Gasteiger partial charge on any atom is -0.307 e. The number of rotatable bonds is 8. The summed E-state index contributed by atoms with van der Waals surface area (Å²) in [4.78, 5) is 31.3. The number of fused-ring (bicyclic) bond motifs is 2. The summed E-state index contributed by atoms with van der Waals surface area (Å²) < 4.78 is 0. The molecule has 0 bridgehead atoms. The van der Waals surface area contributed by atoms with E-state index < -0.39 is 5.41 Å². The van der Waals surface area contributed by atoms with E-state index in [0.29, 0.717) is 24.0 Å². The number of anilines is 1. The zero-order valence-electron chi connectivity index (χ0n) is 21.3. The molecule has 2 aliphatic heterocycles. The van der Waals surface area contributed by atoms with Crippen molar-refractivity contribution >= 4 is 29.0 Å². The van der Waals surface area contributed by atoms with Crippen LogP contribution in [-0.2, 0) is 16.8 Å². The van der Waals surface area contributed by atoms with Crippen molar-refractivity contribution in [1.29, 1.82) is 0 Å². The van der Waals surface area contributed by atoms with Gasteiger partial charge in [-0.2, -0.15) is 0 Å². The van der Waals surface area contributed by atoms with E-state index in [4.69, 9.17) is 11.6 Å². The molecule has 1 saturated carbocycles. The summed E-state index contributed by atoms with van der Waals surface area (Å²) in [7, 11) is 2.18. The average molecular weight is 513 g/mol. The van der Waals surface area contributed by atoms with Crippen molar-refractivity contribution in [3.8, 4) is 0 Å². The lowest BCUT2D eigenvalue weighted by molar-refractivity contribution is -0.120. The van der Waals surface area contributed by atoms with Crippen LogP contribution in [0.3, 0.4) is 0 Å². The second-order valence-corrected chi connectivity index (χ2v) is 11.4. The van der Waals surface area contributed by atoms with Crippen LogP contribution in [0.15, 0.2) is 72.8 Å². The van der Waals surface area contributed by atoms with Crippen molar-refractivity contribution in [2.45, 2.75) is 62.4 Å². The third kappa shape index (κ3) is 4.41. The molecule has 1 spiro atoms. The fraction of sp³-hybridized carbons (Fsp3) is 0.375. The number of hydrogen-bond acceptors (Lipinski definition) is 3. The van der Waals surface area contributed by atoms with Crippen LogP contribution in [0.25, 0.3) is 0 Å². The molecule has 0 aromatic heterocycles. The Labute approximate surface area is 224 Å². The summed E-state index contributed by atoms with van der Waals surface area (Å²) in [6.07, 6.45) is 5.90. The maximum Gasteiger partial charge on any atom is 0.238 e. The van der Waals surface area contributed by atoms with E-state index in [-0.39, 0.29) is 17.6 Å². The third-order valence-corrected chi connectivity index (χ3v) is 8.99. The molecule has 3 aromatic carbocycles. The molecule has 1 aliphatic carbocycles. The second kappa shape index (κ2) is 9.74. The summed E-state index contributed by atoms with van der Waals surface area (Å²) in [5.74, 6) is 0.512. The second-order valence-electron chi connectivity index (χ2n) is 11.0. The topological polar surface area (TPSA) is 40.6 Å². The summed E-state index contributed by atoms with van der Waals surface area (Å²) in [5, 5.41) is 0.707. The fourth-order valence-corrected chi connectivity index (χ4v) is 6.74. The molecule has 0 radical (unpaired) electrons.